The molecule has 0 heterocycles. The van der Waals surface area contributed by atoms with Crippen molar-refractivity contribution in [2.75, 3.05) is 6.61 Å². The van der Waals surface area contributed by atoms with Crippen LogP contribution in [0.15, 0.2) is 42.5 Å². The van der Waals surface area contributed by atoms with Gasteiger partial charge in [0, 0.05) is 22.6 Å². The molecule has 0 aliphatic heterocycles. The van der Waals surface area contributed by atoms with Crippen LogP contribution in [-0.2, 0) is 16.1 Å². The van der Waals surface area contributed by atoms with E-state index in [-0.39, 0.29) is 24.5 Å². The van der Waals surface area contributed by atoms with Crippen molar-refractivity contribution in [3.63, 3.8) is 0 Å². The number of halogens is 2. The molecule has 0 spiro atoms. The molecule has 33 heavy (non-hydrogen) atoms. The van der Waals surface area contributed by atoms with Gasteiger partial charge in [0.1, 0.15) is 11.8 Å². The van der Waals surface area contributed by atoms with E-state index in [1.165, 1.54) is 6.42 Å². The zero-order chi connectivity index (χ0) is 23.8. The average Bonchev–Trinajstić information content (AvgIpc) is 2.81. The Kier molecular flexibility index (Phi) is 9.45. The van der Waals surface area contributed by atoms with Crippen molar-refractivity contribution in [3.8, 4) is 5.75 Å². The van der Waals surface area contributed by atoms with Crippen LogP contribution < -0.4 is 10.1 Å². The number of hydrogen-bond donors (Lipinski definition) is 1. The van der Waals surface area contributed by atoms with E-state index >= 15 is 0 Å². The van der Waals surface area contributed by atoms with Crippen LogP contribution in [0.1, 0.15) is 56.6 Å². The maximum absolute atomic E-state index is 13.3. The summed E-state index contributed by atoms with van der Waals surface area (Å²) in [7, 11) is 0. The molecule has 1 aliphatic rings. The highest BCUT2D eigenvalue weighted by Gasteiger charge is 2.30. The van der Waals surface area contributed by atoms with Gasteiger partial charge < -0.3 is 15.0 Å². The van der Waals surface area contributed by atoms with Crippen molar-refractivity contribution >= 4 is 35.0 Å². The molecule has 2 aromatic rings. The molecule has 1 saturated carbocycles. The van der Waals surface area contributed by atoms with Gasteiger partial charge in [-0.05, 0) is 67.6 Å². The van der Waals surface area contributed by atoms with Crippen LogP contribution in [0.3, 0.4) is 0 Å². The van der Waals surface area contributed by atoms with Gasteiger partial charge in [0.2, 0.25) is 5.91 Å². The number of amides is 2. The second-order valence-corrected chi connectivity index (χ2v) is 9.46. The van der Waals surface area contributed by atoms with Gasteiger partial charge in [0.05, 0.1) is 0 Å². The lowest BCUT2D eigenvalue weighted by Gasteiger charge is -2.32. The number of aryl methyl sites for hydroxylation is 1. The van der Waals surface area contributed by atoms with E-state index in [0.29, 0.717) is 28.8 Å². The fraction of sp³-hybridized carbons (Fsp3) is 0.462. The van der Waals surface area contributed by atoms with Gasteiger partial charge in [0.15, 0.2) is 6.61 Å². The number of nitrogens with one attached hydrogen (secondary N) is 1. The van der Waals surface area contributed by atoms with Gasteiger partial charge >= 0.3 is 0 Å². The Morgan fingerprint density at radius 3 is 2.42 bits per heavy atom. The second kappa shape index (κ2) is 12.3. The van der Waals surface area contributed by atoms with Crippen molar-refractivity contribution in [3.05, 3.63) is 63.6 Å². The third kappa shape index (κ3) is 7.38. The highest BCUT2D eigenvalue weighted by Crippen LogP contribution is 2.22. The molecule has 1 atom stereocenters. The summed E-state index contributed by atoms with van der Waals surface area (Å²) in [6.07, 6.45) is 5.97. The summed E-state index contributed by atoms with van der Waals surface area (Å²) in [5, 5.41) is 4.45. The van der Waals surface area contributed by atoms with Crippen LogP contribution in [0.5, 0.6) is 5.75 Å². The largest absolute Gasteiger partial charge is 0.484 e. The highest BCUT2D eigenvalue weighted by molar-refractivity contribution is 6.31. The molecule has 3 rings (SSSR count). The fourth-order valence-corrected chi connectivity index (χ4v) is 4.43. The lowest BCUT2D eigenvalue weighted by atomic mass is 9.95. The normalized spacial score (nSPS) is 15.0. The molecular formula is C26H32Cl2N2O3. The first-order valence-electron chi connectivity index (χ1n) is 11.6. The monoisotopic (exact) mass is 490 g/mol. The third-order valence-corrected chi connectivity index (χ3v) is 6.77. The molecule has 2 aromatic carbocycles. The van der Waals surface area contributed by atoms with Crippen LogP contribution >= 0.6 is 23.2 Å². The van der Waals surface area contributed by atoms with Gasteiger partial charge in [-0.15, -0.1) is 0 Å². The zero-order valence-corrected chi connectivity index (χ0v) is 20.8. The number of benzene rings is 2. The molecule has 2 amide bonds. The van der Waals surface area contributed by atoms with Crippen molar-refractivity contribution in [1.29, 1.82) is 0 Å². The minimum Gasteiger partial charge on any atom is -0.484 e. The highest BCUT2D eigenvalue weighted by atomic mass is 35.5. The zero-order valence-electron chi connectivity index (χ0n) is 19.3. The molecule has 0 aromatic heterocycles. The van der Waals surface area contributed by atoms with Crippen molar-refractivity contribution in [2.24, 2.45) is 0 Å². The molecule has 1 fully saturated rings. The summed E-state index contributed by atoms with van der Waals surface area (Å²) >= 11 is 12.1. The summed E-state index contributed by atoms with van der Waals surface area (Å²) in [6.45, 7) is 3.95. The SMILES string of the molecule is CC[C@@H](C(=O)NC1CCCCC1)N(Cc1ccc(Cl)cc1)C(=O)COc1ccc(Cl)c(C)c1. The number of carbonyl (C=O) groups excluding carboxylic acids is 2. The second-order valence-electron chi connectivity index (χ2n) is 8.62. The molecule has 1 N–H and O–H groups in total. The number of nitrogens with zero attached hydrogens (tertiary/aromatic N) is 1. The molecule has 0 radical (unpaired) electrons. The Morgan fingerprint density at radius 2 is 1.79 bits per heavy atom. The molecule has 0 saturated heterocycles. The van der Waals surface area contributed by atoms with E-state index in [1.54, 1.807) is 35.2 Å². The Morgan fingerprint density at radius 1 is 1.09 bits per heavy atom. The summed E-state index contributed by atoms with van der Waals surface area (Å²) in [6, 6.07) is 12.2. The average molecular weight is 491 g/mol. The number of carbonyl (C=O) groups is 2. The number of ether oxygens (including phenoxy) is 1. The lowest BCUT2D eigenvalue weighted by Crippen LogP contribution is -2.52. The van der Waals surface area contributed by atoms with Crippen molar-refractivity contribution in [2.45, 2.75) is 71.0 Å². The topological polar surface area (TPSA) is 58.6 Å². The number of hydrogen-bond acceptors (Lipinski definition) is 3. The first kappa shape index (κ1) is 25.4. The predicted molar refractivity (Wildman–Crippen MR) is 133 cm³/mol. The quantitative estimate of drug-likeness (QED) is 0.473. The maximum atomic E-state index is 13.3. The van der Waals surface area contributed by atoms with Crippen molar-refractivity contribution < 1.29 is 14.3 Å². The minimum atomic E-state index is -0.578. The Labute approximate surface area is 206 Å². The van der Waals surface area contributed by atoms with E-state index in [9.17, 15) is 9.59 Å². The molecule has 178 valence electrons. The Bertz CT molecular complexity index is 943. The van der Waals surface area contributed by atoms with E-state index < -0.39 is 6.04 Å². The summed E-state index contributed by atoms with van der Waals surface area (Å²) in [4.78, 5) is 28.1. The molecule has 7 heteroatoms. The van der Waals surface area contributed by atoms with E-state index in [1.807, 2.05) is 26.0 Å². The first-order chi connectivity index (χ1) is 15.9. The molecule has 0 bridgehead atoms. The first-order valence-corrected chi connectivity index (χ1v) is 12.4. The fourth-order valence-electron chi connectivity index (χ4n) is 4.19. The summed E-state index contributed by atoms with van der Waals surface area (Å²) in [5.74, 6) is 0.216. The molecule has 5 nitrogen and oxygen atoms in total. The van der Waals surface area contributed by atoms with Crippen LogP contribution in [0.4, 0.5) is 0 Å². The van der Waals surface area contributed by atoms with Crippen LogP contribution in [0.25, 0.3) is 0 Å². The lowest BCUT2D eigenvalue weighted by molar-refractivity contribution is -0.143. The van der Waals surface area contributed by atoms with Gasteiger partial charge in [0.25, 0.3) is 5.91 Å². The van der Waals surface area contributed by atoms with Gasteiger partial charge in [-0.3, -0.25) is 9.59 Å². The van der Waals surface area contributed by atoms with Gasteiger partial charge in [-0.25, -0.2) is 0 Å². The van der Waals surface area contributed by atoms with Crippen LogP contribution in [0.2, 0.25) is 10.0 Å². The maximum Gasteiger partial charge on any atom is 0.261 e. The molecular weight excluding hydrogens is 459 g/mol. The summed E-state index contributed by atoms with van der Waals surface area (Å²) in [5.41, 5.74) is 1.77. The van der Waals surface area contributed by atoms with E-state index in [0.717, 1.165) is 36.8 Å². The van der Waals surface area contributed by atoms with Crippen molar-refractivity contribution in [1.82, 2.24) is 10.2 Å². The molecule has 1 aliphatic carbocycles. The number of rotatable bonds is 9. The Hall–Kier alpha value is -2.24. The van der Waals surface area contributed by atoms with E-state index in [2.05, 4.69) is 5.32 Å². The van der Waals surface area contributed by atoms with Crippen LogP contribution in [0, 0.1) is 6.92 Å². The standard InChI is InChI=1S/C26H32Cl2N2O3/c1-3-24(26(32)29-21-7-5-4-6-8-21)30(16-19-9-11-20(27)12-10-19)25(31)17-33-22-13-14-23(28)18(2)15-22/h9-15,21,24H,3-8,16-17H2,1-2H3,(H,29,32)/t24-/m0/s1. The third-order valence-electron chi connectivity index (χ3n) is 6.10. The van der Waals surface area contributed by atoms with Gasteiger partial charge in [-0.1, -0.05) is 61.5 Å². The Balaban J connectivity index is 1.75. The minimum absolute atomic E-state index is 0.103. The van der Waals surface area contributed by atoms with Gasteiger partial charge in [-0.2, -0.15) is 0 Å². The molecule has 0 unspecified atom stereocenters. The predicted octanol–water partition coefficient (Wildman–Crippen LogP) is 5.94. The van der Waals surface area contributed by atoms with Crippen LogP contribution in [-0.4, -0.2) is 35.4 Å². The smallest absolute Gasteiger partial charge is 0.261 e. The summed E-state index contributed by atoms with van der Waals surface area (Å²) < 4.78 is 5.76. The van der Waals surface area contributed by atoms with E-state index in [4.69, 9.17) is 27.9 Å².